The lowest BCUT2D eigenvalue weighted by Crippen LogP contribution is -2.09. The second-order valence-corrected chi connectivity index (χ2v) is 2.55. The monoisotopic (exact) mass is 161 g/mol. The molecule has 1 aromatic rings. The number of oxime groups is 1. The summed E-state index contributed by atoms with van der Waals surface area (Å²) < 4.78 is 0. The predicted octanol–water partition coefficient (Wildman–Crippen LogP) is 1.35. The third kappa shape index (κ3) is 0.993. The molecule has 1 atom stereocenters. The second-order valence-electron chi connectivity index (χ2n) is 2.55. The van der Waals surface area contributed by atoms with Gasteiger partial charge in [-0.25, -0.2) is 0 Å². The molecular weight excluding hydrogens is 154 g/mol. The number of hydrogen-bond acceptors (Lipinski definition) is 3. The maximum atomic E-state index is 10.6. The zero-order chi connectivity index (χ0) is 8.39. The highest BCUT2D eigenvalue weighted by atomic mass is 16.6. The van der Waals surface area contributed by atoms with Crippen LogP contribution < -0.4 is 4.84 Å². The largest absolute Gasteiger partial charge is 0.357 e. The Labute approximate surface area is 69.6 Å². The van der Waals surface area contributed by atoms with Gasteiger partial charge in [0.05, 0.1) is 12.1 Å². The van der Waals surface area contributed by atoms with Crippen LogP contribution >= 0.6 is 0 Å². The number of benzene rings is 1. The van der Waals surface area contributed by atoms with Gasteiger partial charge in [0, 0.05) is 5.56 Å². The molecule has 2 rings (SSSR count). The van der Waals surface area contributed by atoms with E-state index >= 15 is 0 Å². The molecule has 0 bridgehead atoms. The summed E-state index contributed by atoms with van der Waals surface area (Å²) in [5.41, 5.74) is 0.877. The zero-order valence-corrected chi connectivity index (χ0v) is 6.31. The van der Waals surface area contributed by atoms with Crippen molar-refractivity contribution in [1.82, 2.24) is 0 Å². The fraction of sp³-hybridized carbons (Fsp3) is 0.111. The first-order chi connectivity index (χ1) is 5.92. The minimum absolute atomic E-state index is 0.255. The van der Waals surface area contributed by atoms with Gasteiger partial charge >= 0.3 is 0 Å². The van der Waals surface area contributed by atoms with E-state index < -0.39 is 0 Å². The van der Waals surface area contributed by atoms with Gasteiger partial charge in [0.15, 0.2) is 5.75 Å². The summed E-state index contributed by atoms with van der Waals surface area (Å²) in [7, 11) is 0. The van der Waals surface area contributed by atoms with Crippen LogP contribution in [0.25, 0.3) is 0 Å². The minimum atomic E-state index is -0.255. The van der Waals surface area contributed by atoms with Crippen molar-refractivity contribution in [1.29, 1.82) is 0 Å². The molecule has 1 heterocycles. The van der Waals surface area contributed by atoms with Gasteiger partial charge < -0.3 is 9.63 Å². The van der Waals surface area contributed by atoms with Crippen LogP contribution in [0.15, 0.2) is 29.4 Å². The zero-order valence-electron chi connectivity index (χ0n) is 6.31. The Balaban J connectivity index is 2.49. The van der Waals surface area contributed by atoms with Crippen molar-refractivity contribution >= 4 is 12.5 Å². The molecule has 0 aliphatic carbocycles. The van der Waals surface area contributed by atoms with Crippen molar-refractivity contribution in [2.45, 2.75) is 5.92 Å². The van der Waals surface area contributed by atoms with E-state index in [2.05, 4.69) is 5.16 Å². The molecule has 12 heavy (non-hydrogen) atoms. The molecule has 0 aromatic heterocycles. The number of carbonyl (C=O) groups is 1. The summed E-state index contributed by atoms with van der Waals surface area (Å²) in [6, 6.07) is 7.38. The van der Waals surface area contributed by atoms with E-state index in [0.29, 0.717) is 5.75 Å². The van der Waals surface area contributed by atoms with Crippen LogP contribution in [0.3, 0.4) is 0 Å². The number of para-hydroxylation sites is 1. The summed E-state index contributed by atoms with van der Waals surface area (Å²) in [6.45, 7) is 0. The van der Waals surface area contributed by atoms with E-state index in [-0.39, 0.29) is 5.92 Å². The fourth-order valence-electron chi connectivity index (χ4n) is 1.18. The number of fused-ring (bicyclic) bond motifs is 1. The molecule has 0 fully saturated rings. The Bertz CT molecular complexity index is 333. The van der Waals surface area contributed by atoms with E-state index in [4.69, 9.17) is 4.84 Å². The number of aldehydes is 1. The lowest BCUT2D eigenvalue weighted by atomic mass is 10.0. The normalized spacial score (nSPS) is 19.5. The van der Waals surface area contributed by atoms with Crippen LogP contribution in [0, 0.1) is 0 Å². The molecular formula is C9H7NO2. The quantitative estimate of drug-likeness (QED) is 0.583. The summed E-state index contributed by atoms with van der Waals surface area (Å²) in [6.07, 6.45) is 2.35. The van der Waals surface area contributed by atoms with Crippen molar-refractivity contribution in [2.75, 3.05) is 0 Å². The maximum absolute atomic E-state index is 10.6. The lowest BCUT2D eigenvalue weighted by molar-refractivity contribution is -0.107. The fourth-order valence-corrected chi connectivity index (χ4v) is 1.18. The standard InChI is InChI=1S/C9H7NO2/c11-6-7-5-10-12-9-4-2-1-3-8(7)9/h1-7H. The van der Waals surface area contributed by atoms with Gasteiger partial charge in [-0.1, -0.05) is 23.4 Å². The highest BCUT2D eigenvalue weighted by molar-refractivity contribution is 5.89. The van der Waals surface area contributed by atoms with Gasteiger partial charge in [0.1, 0.15) is 6.29 Å². The molecule has 0 radical (unpaired) electrons. The molecule has 0 saturated carbocycles. The first kappa shape index (κ1) is 7.03. The van der Waals surface area contributed by atoms with Crippen molar-refractivity contribution in [3.8, 4) is 5.75 Å². The van der Waals surface area contributed by atoms with Gasteiger partial charge in [-0.2, -0.15) is 0 Å². The molecule has 3 heteroatoms. The van der Waals surface area contributed by atoms with Crippen LogP contribution in [0.1, 0.15) is 11.5 Å². The van der Waals surface area contributed by atoms with Crippen LogP contribution in [-0.2, 0) is 4.79 Å². The van der Waals surface area contributed by atoms with E-state index in [1.165, 1.54) is 6.21 Å². The number of hydrogen-bond donors (Lipinski definition) is 0. The Morgan fingerprint density at radius 1 is 1.42 bits per heavy atom. The summed E-state index contributed by atoms with van der Waals surface area (Å²) in [4.78, 5) is 15.5. The van der Waals surface area contributed by atoms with Gasteiger partial charge in [-0.05, 0) is 6.07 Å². The third-order valence-electron chi connectivity index (χ3n) is 1.80. The maximum Gasteiger partial charge on any atom is 0.162 e. The van der Waals surface area contributed by atoms with E-state index in [1.807, 2.05) is 18.2 Å². The predicted molar refractivity (Wildman–Crippen MR) is 44.4 cm³/mol. The molecule has 0 amide bonds. The van der Waals surface area contributed by atoms with E-state index in [1.54, 1.807) is 6.07 Å². The van der Waals surface area contributed by atoms with Crippen LogP contribution in [0.2, 0.25) is 0 Å². The number of carbonyl (C=O) groups excluding carboxylic acids is 1. The molecule has 60 valence electrons. The average Bonchev–Trinajstić information content (AvgIpc) is 2.17. The summed E-state index contributed by atoms with van der Waals surface area (Å²) in [5.74, 6) is 0.409. The Hall–Kier alpha value is -1.64. The Morgan fingerprint density at radius 3 is 3.08 bits per heavy atom. The van der Waals surface area contributed by atoms with E-state index in [0.717, 1.165) is 11.8 Å². The first-order valence-electron chi connectivity index (χ1n) is 3.66. The first-order valence-corrected chi connectivity index (χ1v) is 3.66. The third-order valence-corrected chi connectivity index (χ3v) is 1.80. The summed E-state index contributed by atoms with van der Waals surface area (Å²) in [5, 5.41) is 3.61. The second kappa shape index (κ2) is 2.77. The minimum Gasteiger partial charge on any atom is -0.357 e. The number of rotatable bonds is 1. The number of nitrogens with zero attached hydrogens (tertiary/aromatic N) is 1. The van der Waals surface area contributed by atoms with Gasteiger partial charge in [-0.3, -0.25) is 0 Å². The molecule has 1 aliphatic heterocycles. The topological polar surface area (TPSA) is 38.7 Å². The van der Waals surface area contributed by atoms with Crippen LogP contribution in [0.5, 0.6) is 5.75 Å². The smallest absolute Gasteiger partial charge is 0.162 e. The Kier molecular flexibility index (Phi) is 1.63. The van der Waals surface area contributed by atoms with Crippen molar-refractivity contribution in [3.63, 3.8) is 0 Å². The van der Waals surface area contributed by atoms with Gasteiger partial charge in [0.2, 0.25) is 0 Å². The molecule has 1 unspecified atom stereocenters. The molecule has 0 spiro atoms. The van der Waals surface area contributed by atoms with Gasteiger partial charge in [-0.15, -0.1) is 0 Å². The highest BCUT2D eigenvalue weighted by Crippen LogP contribution is 2.27. The van der Waals surface area contributed by atoms with E-state index in [9.17, 15) is 4.79 Å². The van der Waals surface area contributed by atoms with Crippen molar-refractivity contribution in [3.05, 3.63) is 29.8 Å². The van der Waals surface area contributed by atoms with Crippen LogP contribution in [0.4, 0.5) is 0 Å². The summed E-state index contributed by atoms with van der Waals surface area (Å²) >= 11 is 0. The molecule has 3 nitrogen and oxygen atoms in total. The molecule has 1 aromatic carbocycles. The molecule has 1 aliphatic rings. The van der Waals surface area contributed by atoms with Crippen LogP contribution in [-0.4, -0.2) is 12.5 Å². The van der Waals surface area contributed by atoms with Gasteiger partial charge in [0.25, 0.3) is 0 Å². The highest BCUT2D eigenvalue weighted by Gasteiger charge is 2.16. The SMILES string of the molecule is O=CC1C=NOc2ccccc21. The lowest BCUT2D eigenvalue weighted by Gasteiger charge is -2.13. The van der Waals surface area contributed by atoms with Crippen molar-refractivity contribution < 1.29 is 9.63 Å². The Morgan fingerprint density at radius 2 is 2.25 bits per heavy atom. The van der Waals surface area contributed by atoms with Crippen molar-refractivity contribution in [2.24, 2.45) is 5.16 Å². The average molecular weight is 161 g/mol. The molecule has 0 N–H and O–H groups in total. The molecule has 0 saturated heterocycles.